The topological polar surface area (TPSA) is 96.4 Å². The van der Waals surface area contributed by atoms with Crippen molar-refractivity contribution in [3.8, 4) is 0 Å². The normalized spacial score (nSPS) is 28.2. The summed E-state index contributed by atoms with van der Waals surface area (Å²) in [5.41, 5.74) is 1.55. The van der Waals surface area contributed by atoms with E-state index in [9.17, 15) is 19.5 Å². The van der Waals surface area contributed by atoms with Gasteiger partial charge in [-0.2, -0.15) is 0 Å². The molecule has 3 heterocycles. The van der Waals surface area contributed by atoms with E-state index in [1.54, 1.807) is 17.1 Å². The number of para-hydroxylation sites is 1. The predicted molar refractivity (Wildman–Crippen MR) is 135 cm³/mol. The summed E-state index contributed by atoms with van der Waals surface area (Å²) in [5.74, 6) is -2.55. The van der Waals surface area contributed by atoms with Crippen LogP contribution in [0.15, 0.2) is 43.5 Å². The third kappa shape index (κ3) is 4.16. The fourth-order valence-corrected chi connectivity index (χ4v) is 6.32. The zero-order valence-electron chi connectivity index (χ0n) is 21.2. The van der Waals surface area contributed by atoms with Crippen LogP contribution in [-0.2, 0) is 23.9 Å². The molecule has 1 spiro atoms. The Morgan fingerprint density at radius 1 is 1.28 bits per heavy atom. The number of aryl methyl sites for hydroxylation is 2. The number of rotatable bonds is 11. The SMILES string of the molecule is C=CCCOC(=O)[C@@H]1[C@H]2C(=O)N(CCCO)C(C(=O)N(CC=C)c3c(C)cccc3C)C23CC[C@H]1O3. The van der Waals surface area contributed by atoms with Gasteiger partial charge in [0.25, 0.3) is 5.91 Å². The van der Waals surface area contributed by atoms with E-state index in [1.165, 1.54) is 4.90 Å². The first-order valence-corrected chi connectivity index (χ1v) is 12.7. The average molecular weight is 497 g/mol. The molecular formula is C28H36N2O6. The zero-order valence-corrected chi connectivity index (χ0v) is 21.2. The lowest BCUT2D eigenvalue weighted by molar-refractivity contribution is -0.155. The number of ether oxygens (including phenoxy) is 2. The van der Waals surface area contributed by atoms with Crippen molar-refractivity contribution in [1.82, 2.24) is 4.90 Å². The van der Waals surface area contributed by atoms with Gasteiger partial charge in [0, 0.05) is 25.4 Å². The summed E-state index contributed by atoms with van der Waals surface area (Å²) in [7, 11) is 0. The summed E-state index contributed by atoms with van der Waals surface area (Å²) in [4.78, 5) is 44.5. The minimum Gasteiger partial charge on any atom is -0.465 e. The summed E-state index contributed by atoms with van der Waals surface area (Å²) in [6.45, 7) is 11.9. The van der Waals surface area contributed by atoms with E-state index in [-0.39, 0.29) is 38.1 Å². The highest BCUT2D eigenvalue weighted by atomic mass is 16.6. The molecule has 1 N–H and O–H groups in total. The maximum Gasteiger partial charge on any atom is 0.312 e. The maximum absolute atomic E-state index is 14.4. The van der Waals surface area contributed by atoms with Gasteiger partial charge in [0.2, 0.25) is 5.91 Å². The van der Waals surface area contributed by atoms with Crippen molar-refractivity contribution < 1.29 is 29.0 Å². The highest BCUT2D eigenvalue weighted by molar-refractivity contribution is 6.05. The van der Waals surface area contributed by atoms with E-state index in [1.807, 2.05) is 32.0 Å². The number of nitrogens with zero attached hydrogens (tertiary/aromatic N) is 2. The molecule has 0 radical (unpaired) electrons. The van der Waals surface area contributed by atoms with Gasteiger partial charge in [-0.05, 0) is 50.7 Å². The Labute approximate surface area is 212 Å². The molecule has 8 heteroatoms. The third-order valence-electron chi connectivity index (χ3n) is 7.72. The van der Waals surface area contributed by atoms with Gasteiger partial charge in [0.1, 0.15) is 11.6 Å². The second kappa shape index (κ2) is 10.6. The van der Waals surface area contributed by atoms with Gasteiger partial charge < -0.3 is 24.4 Å². The monoisotopic (exact) mass is 496 g/mol. The number of carbonyl (C=O) groups is 3. The molecule has 194 valence electrons. The molecule has 1 aromatic rings. The summed E-state index contributed by atoms with van der Waals surface area (Å²) in [5, 5.41) is 9.52. The molecule has 3 fully saturated rings. The van der Waals surface area contributed by atoms with Crippen LogP contribution in [0, 0.1) is 25.7 Å². The molecule has 0 aromatic heterocycles. The Morgan fingerprint density at radius 2 is 2.00 bits per heavy atom. The lowest BCUT2D eigenvalue weighted by Crippen LogP contribution is -2.56. The minimum absolute atomic E-state index is 0.119. The van der Waals surface area contributed by atoms with E-state index in [2.05, 4.69) is 13.2 Å². The van der Waals surface area contributed by atoms with Crippen LogP contribution >= 0.6 is 0 Å². The highest BCUT2D eigenvalue weighted by Crippen LogP contribution is 2.59. The Kier molecular flexibility index (Phi) is 7.66. The number of aliphatic hydroxyl groups is 1. The third-order valence-corrected chi connectivity index (χ3v) is 7.72. The van der Waals surface area contributed by atoms with Gasteiger partial charge in [-0.15, -0.1) is 13.2 Å². The number of likely N-dealkylation sites (tertiary alicyclic amines) is 1. The molecule has 2 bridgehead atoms. The van der Waals surface area contributed by atoms with Crippen LogP contribution in [0.2, 0.25) is 0 Å². The van der Waals surface area contributed by atoms with Gasteiger partial charge in [-0.3, -0.25) is 14.4 Å². The first-order valence-electron chi connectivity index (χ1n) is 12.7. The van der Waals surface area contributed by atoms with Gasteiger partial charge in [0.15, 0.2) is 0 Å². The highest BCUT2D eigenvalue weighted by Gasteiger charge is 2.75. The van der Waals surface area contributed by atoms with E-state index in [0.29, 0.717) is 25.7 Å². The molecule has 5 atom stereocenters. The van der Waals surface area contributed by atoms with Gasteiger partial charge >= 0.3 is 5.97 Å². The molecule has 0 aliphatic carbocycles. The lowest BCUT2D eigenvalue weighted by atomic mass is 9.70. The smallest absolute Gasteiger partial charge is 0.312 e. The Balaban J connectivity index is 1.75. The number of carbonyl (C=O) groups excluding carboxylic acids is 3. The maximum atomic E-state index is 14.4. The number of esters is 1. The average Bonchev–Trinajstić information content (AvgIpc) is 3.49. The molecule has 2 unspecified atom stereocenters. The van der Waals surface area contributed by atoms with Gasteiger partial charge in [-0.1, -0.05) is 30.4 Å². The Bertz CT molecular complexity index is 1030. The predicted octanol–water partition coefficient (Wildman–Crippen LogP) is 2.70. The van der Waals surface area contributed by atoms with Crippen molar-refractivity contribution in [2.45, 2.75) is 57.3 Å². The molecule has 1 aromatic carbocycles. The van der Waals surface area contributed by atoms with E-state index >= 15 is 0 Å². The first kappa shape index (κ1) is 26.1. The fourth-order valence-electron chi connectivity index (χ4n) is 6.32. The van der Waals surface area contributed by atoms with Crippen LogP contribution in [-0.4, -0.2) is 71.8 Å². The molecule has 3 saturated heterocycles. The molecule has 36 heavy (non-hydrogen) atoms. The number of hydrogen-bond acceptors (Lipinski definition) is 6. The minimum atomic E-state index is -1.10. The van der Waals surface area contributed by atoms with Crippen molar-refractivity contribution >= 4 is 23.5 Å². The zero-order chi connectivity index (χ0) is 26.0. The number of benzene rings is 1. The molecule has 8 nitrogen and oxygen atoms in total. The molecule has 2 amide bonds. The largest absolute Gasteiger partial charge is 0.465 e. The van der Waals surface area contributed by atoms with E-state index in [4.69, 9.17) is 9.47 Å². The fraction of sp³-hybridized carbons (Fsp3) is 0.536. The summed E-state index contributed by atoms with van der Waals surface area (Å²) >= 11 is 0. The number of amides is 2. The van der Waals surface area contributed by atoms with Crippen molar-refractivity contribution in [1.29, 1.82) is 0 Å². The van der Waals surface area contributed by atoms with Crippen LogP contribution < -0.4 is 4.90 Å². The van der Waals surface area contributed by atoms with Crippen LogP contribution in [0.5, 0.6) is 0 Å². The number of fused-ring (bicyclic) bond motifs is 1. The van der Waals surface area contributed by atoms with Crippen molar-refractivity contribution in [2.75, 3.05) is 31.2 Å². The second-order valence-electron chi connectivity index (χ2n) is 9.89. The first-order chi connectivity index (χ1) is 17.3. The van der Waals surface area contributed by atoms with Crippen molar-refractivity contribution in [2.24, 2.45) is 11.8 Å². The number of aliphatic hydroxyl groups excluding tert-OH is 1. The van der Waals surface area contributed by atoms with Crippen molar-refractivity contribution in [3.05, 3.63) is 54.6 Å². The van der Waals surface area contributed by atoms with E-state index < -0.39 is 35.6 Å². The summed E-state index contributed by atoms with van der Waals surface area (Å²) in [6, 6.07) is 4.93. The van der Waals surface area contributed by atoms with Gasteiger partial charge in [-0.25, -0.2) is 0 Å². The molecule has 3 aliphatic heterocycles. The number of anilines is 1. The quantitative estimate of drug-likeness (QED) is 0.288. The second-order valence-corrected chi connectivity index (χ2v) is 9.89. The number of hydrogen-bond donors (Lipinski definition) is 1. The van der Waals surface area contributed by atoms with E-state index in [0.717, 1.165) is 16.8 Å². The van der Waals surface area contributed by atoms with Crippen LogP contribution in [0.3, 0.4) is 0 Å². The van der Waals surface area contributed by atoms with Crippen LogP contribution in [0.1, 0.15) is 36.8 Å². The summed E-state index contributed by atoms with van der Waals surface area (Å²) < 4.78 is 11.9. The van der Waals surface area contributed by atoms with Crippen molar-refractivity contribution in [3.63, 3.8) is 0 Å². The standard InChI is InChI=1S/C28H36N2O6/c1-5-7-17-35-27(34)21-20-12-13-28(36-20)22(21)25(32)30(15-9-16-31)24(28)26(33)29(14-6-2)23-18(3)10-8-11-19(23)4/h5-6,8,10-11,20-22,24,31H,1-2,7,9,12-17H2,3-4H3/t20-,21+,22+,24?,28?/m1/s1. The Hall–Kier alpha value is -2.97. The lowest BCUT2D eigenvalue weighted by Gasteiger charge is -2.37. The van der Waals surface area contributed by atoms with Crippen LogP contribution in [0.25, 0.3) is 0 Å². The summed E-state index contributed by atoms with van der Waals surface area (Å²) in [6.07, 6.45) is 4.79. The molecule has 3 aliphatic rings. The molecule has 0 saturated carbocycles. The van der Waals surface area contributed by atoms with Gasteiger partial charge in [0.05, 0.1) is 24.5 Å². The Morgan fingerprint density at radius 3 is 2.64 bits per heavy atom. The van der Waals surface area contributed by atoms with Crippen LogP contribution in [0.4, 0.5) is 5.69 Å². The molecular weight excluding hydrogens is 460 g/mol. The molecule has 4 rings (SSSR count).